The molecule has 1 atom stereocenters. The molecule has 2 aromatic heterocycles. The molecule has 6 nitrogen and oxygen atoms in total. The van der Waals surface area contributed by atoms with Crippen LogP contribution in [0.2, 0.25) is 0 Å². The van der Waals surface area contributed by atoms with Gasteiger partial charge in [0.2, 0.25) is 0 Å². The van der Waals surface area contributed by atoms with Gasteiger partial charge in [-0.3, -0.25) is 9.36 Å². The molecule has 0 amide bonds. The van der Waals surface area contributed by atoms with Crippen molar-refractivity contribution in [3.63, 3.8) is 0 Å². The summed E-state index contributed by atoms with van der Waals surface area (Å²) in [5.41, 5.74) is 7.30. The average Bonchev–Trinajstić information content (AvgIpc) is 3.62. The Balaban J connectivity index is 1.53. The van der Waals surface area contributed by atoms with Crippen LogP contribution in [0.3, 0.4) is 0 Å². The Morgan fingerprint density at radius 1 is 0.957 bits per heavy atom. The third-order valence-electron chi connectivity index (χ3n) is 8.23. The van der Waals surface area contributed by atoms with Crippen LogP contribution in [0.1, 0.15) is 35.2 Å². The van der Waals surface area contributed by atoms with E-state index in [1.165, 1.54) is 11.3 Å². The van der Waals surface area contributed by atoms with Crippen molar-refractivity contribution in [1.82, 2.24) is 9.55 Å². The highest BCUT2D eigenvalue weighted by Gasteiger charge is 2.35. The molecular weight excluding hydrogens is 611 g/mol. The number of carbonyl (C=O) groups is 1. The Kier molecular flexibility index (Phi) is 8.07. The zero-order chi connectivity index (χ0) is 31.8. The van der Waals surface area contributed by atoms with Crippen LogP contribution in [0.25, 0.3) is 33.9 Å². The molecule has 46 heavy (non-hydrogen) atoms. The van der Waals surface area contributed by atoms with E-state index in [1.54, 1.807) is 23.3 Å². The van der Waals surface area contributed by atoms with Gasteiger partial charge in [0.15, 0.2) is 4.80 Å². The minimum absolute atomic E-state index is 0.204. The van der Waals surface area contributed by atoms with E-state index in [4.69, 9.17) is 9.73 Å². The summed E-state index contributed by atoms with van der Waals surface area (Å²) < 4.78 is 7.80. The minimum Gasteiger partial charge on any atom is -0.463 e. The van der Waals surface area contributed by atoms with Crippen LogP contribution in [-0.4, -0.2) is 28.4 Å². The number of thioether (sulfide) groups is 1. The van der Waals surface area contributed by atoms with E-state index in [9.17, 15) is 9.59 Å². The summed E-state index contributed by atoms with van der Waals surface area (Å²) in [6.45, 7) is 4.07. The van der Waals surface area contributed by atoms with Gasteiger partial charge in [0.25, 0.3) is 5.56 Å². The first-order valence-electron chi connectivity index (χ1n) is 15.1. The maximum absolute atomic E-state index is 14.6. The lowest BCUT2D eigenvalue weighted by Crippen LogP contribution is -2.40. The number of hydrogen-bond donors (Lipinski definition) is 1. The van der Waals surface area contributed by atoms with Crippen LogP contribution >= 0.6 is 23.1 Å². The lowest BCUT2D eigenvalue weighted by Gasteiger charge is -2.26. The maximum atomic E-state index is 14.6. The number of aromatic amines is 1. The van der Waals surface area contributed by atoms with Gasteiger partial charge < -0.3 is 9.72 Å². The second-order valence-corrected chi connectivity index (χ2v) is 12.9. The molecule has 1 N–H and O–H groups in total. The van der Waals surface area contributed by atoms with Gasteiger partial charge in [-0.25, -0.2) is 9.79 Å². The fraction of sp³-hybridized carbons (Fsp3) is 0.132. The molecule has 228 valence electrons. The first kappa shape index (κ1) is 29.8. The maximum Gasteiger partial charge on any atom is 0.338 e. The van der Waals surface area contributed by atoms with Gasteiger partial charge in [-0.15, -0.1) is 11.8 Å². The molecule has 0 radical (unpaired) electrons. The van der Waals surface area contributed by atoms with Gasteiger partial charge in [-0.05, 0) is 55.0 Å². The van der Waals surface area contributed by atoms with E-state index in [0.717, 1.165) is 49.3 Å². The Hall–Kier alpha value is -4.92. The van der Waals surface area contributed by atoms with Gasteiger partial charge in [0.1, 0.15) is 0 Å². The number of ether oxygens (including phenoxy) is 1. The van der Waals surface area contributed by atoms with Crippen LogP contribution in [0.5, 0.6) is 0 Å². The first-order valence-corrected chi connectivity index (χ1v) is 17.1. The molecule has 0 unspecified atom stereocenters. The Labute approximate surface area is 274 Å². The quantitative estimate of drug-likeness (QED) is 0.149. The van der Waals surface area contributed by atoms with E-state index in [2.05, 4.69) is 36.2 Å². The highest BCUT2D eigenvalue weighted by Crippen LogP contribution is 2.36. The molecule has 1 aliphatic heterocycles. The highest BCUT2D eigenvalue weighted by atomic mass is 32.2. The minimum atomic E-state index is -0.720. The summed E-state index contributed by atoms with van der Waals surface area (Å²) in [5.74, 6) is -0.489. The van der Waals surface area contributed by atoms with E-state index >= 15 is 0 Å². The van der Waals surface area contributed by atoms with Gasteiger partial charge in [-0.2, -0.15) is 0 Å². The molecule has 0 saturated heterocycles. The van der Waals surface area contributed by atoms with E-state index in [0.29, 0.717) is 20.6 Å². The van der Waals surface area contributed by atoms with Crippen molar-refractivity contribution in [3.8, 4) is 11.3 Å². The second-order valence-electron chi connectivity index (χ2n) is 11.0. The van der Waals surface area contributed by atoms with Crippen LogP contribution in [0.4, 0.5) is 0 Å². The standard InChI is InChI=1S/C38H31N3O3S2/c1-4-44-37(43)31-34(25-15-9-6-10-16-25)40-38-41(35(31)26-18-20-27(45-3)21-19-26)36(42)30(46-38)22-29-28-17-11-12-23(2)32(28)39-33(29)24-13-7-5-8-14-24/h5-22,35,39H,4H2,1-3H3/b30-22-/t35-/m0/s1. The Morgan fingerprint density at radius 3 is 2.33 bits per heavy atom. The topological polar surface area (TPSA) is 76.4 Å². The number of nitrogens with zero attached hydrogens (tertiary/aromatic N) is 2. The van der Waals surface area contributed by atoms with Gasteiger partial charge in [0, 0.05) is 26.9 Å². The van der Waals surface area contributed by atoms with Crippen LogP contribution in [0.15, 0.2) is 123 Å². The molecule has 1 aliphatic rings. The number of nitrogens with one attached hydrogen (secondary N) is 1. The average molecular weight is 642 g/mol. The van der Waals surface area contributed by atoms with Crippen molar-refractivity contribution in [3.05, 3.63) is 151 Å². The van der Waals surface area contributed by atoms with Gasteiger partial charge in [-0.1, -0.05) is 102 Å². The number of carbonyl (C=O) groups excluding carboxylic acids is 1. The SMILES string of the molecule is CCOC(=O)C1=C(c2ccccc2)N=c2s/c(=C\c3c(-c4ccccc4)[nH]c4c(C)cccc34)c(=O)n2[C@H]1c1ccc(SC)cc1. The van der Waals surface area contributed by atoms with Crippen molar-refractivity contribution in [2.45, 2.75) is 24.8 Å². The fourth-order valence-electron chi connectivity index (χ4n) is 6.04. The normalized spacial score (nSPS) is 14.8. The number of esters is 1. The number of para-hydroxylation sites is 1. The number of rotatable bonds is 7. The van der Waals surface area contributed by atoms with Crippen molar-refractivity contribution < 1.29 is 9.53 Å². The van der Waals surface area contributed by atoms with Crippen molar-refractivity contribution in [1.29, 1.82) is 0 Å². The second kappa shape index (κ2) is 12.5. The monoisotopic (exact) mass is 641 g/mol. The third-order valence-corrected chi connectivity index (χ3v) is 9.95. The molecule has 8 heteroatoms. The summed E-state index contributed by atoms with van der Waals surface area (Å²) in [7, 11) is 0. The Morgan fingerprint density at radius 2 is 1.65 bits per heavy atom. The molecular formula is C38H31N3O3S2. The lowest BCUT2D eigenvalue weighted by atomic mass is 9.93. The zero-order valence-corrected chi connectivity index (χ0v) is 27.2. The fourth-order valence-corrected chi connectivity index (χ4v) is 7.43. The molecule has 0 saturated carbocycles. The number of benzene rings is 4. The molecule has 0 fully saturated rings. The number of hydrogen-bond acceptors (Lipinski definition) is 6. The summed E-state index contributed by atoms with van der Waals surface area (Å²) in [4.78, 5) is 38.6. The number of H-pyrrole nitrogens is 1. The zero-order valence-electron chi connectivity index (χ0n) is 25.6. The predicted octanol–water partition coefficient (Wildman–Crippen LogP) is 7.11. The molecule has 6 aromatic rings. The van der Waals surface area contributed by atoms with Crippen molar-refractivity contribution in [2.24, 2.45) is 4.99 Å². The predicted molar refractivity (Wildman–Crippen MR) is 188 cm³/mol. The van der Waals surface area contributed by atoms with Crippen LogP contribution in [-0.2, 0) is 9.53 Å². The number of aromatic nitrogens is 2. The van der Waals surface area contributed by atoms with Crippen LogP contribution in [0, 0.1) is 6.92 Å². The summed E-state index contributed by atoms with van der Waals surface area (Å²) in [5, 5.41) is 1.03. The first-order chi connectivity index (χ1) is 22.5. The van der Waals surface area contributed by atoms with E-state index < -0.39 is 12.0 Å². The summed E-state index contributed by atoms with van der Waals surface area (Å²) in [6, 6.07) is 33.2. The highest BCUT2D eigenvalue weighted by molar-refractivity contribution is 7.98. The van der Waals surface area contributed by atoms with Crippen LogP contribution < -0.4 is 14.9 Å². The summed E-state index contributed by atoms with van der Waals surface area (Å²) in [6.07, 6.45) is 3.99. The number of thiazole rings is 1. The Bertz CT molecular complexity index is 2300. The largest absolute Gasteiger partial charge is 0.463 e. The molecule has 0 bridgehead atoms. The molecule has 7 rings (SSSR count). The lowest BCUT2D eigenvalue weighted by molar-refractivity contribution is -0.138. The summed E-state index contributed by atoms with van der Waals surface area (Å²) >= 11 is 2.97. The molecule has 4 aromatic carbocycles. The smallest absolute Gasteiger partial charge is 0.338 e. The van der Waals surface area contributed by atoms with E-state index in [1.807, 2.05) is 91.2 Å². The number of fused-ring (bicyclic) bond motifs is 2. The van der Waals surface area contributed by atoms with E-state index in [-0.39, 0.29) is 12.2 Å². The number of aryl methyl sites for hydroxylation is 1. The van der Waals surface area contributed by atoms with Gasteiger partial charge in [0.05, 0.1) is 34.1 Å². The van der Waals surface area contributed by atoms with Gasteiger partial charge >= 0.3 is 5.97 Å². The molecule has 0 aliphatic carbocycles. The van der Waals surface area contributed by atoms with Crippen molar-refractivity contribution >= 4 is 51.7 Å². The van der Waals surface area contributed by atoms with Crippen molar-refractivity contribution in [2.75, 3.05) is 12.9 Å². The molecule has 3 heterocycles. The third kappa shape index (κ3) is 5.23. The molecule has 0 spiro atoms.